The van der Waals surface area contributed by atoms with Crippen molar-refractivity contribution in [3.63, 3.8) is 0 Å². The maximum Gasteiger partial charge on any atom is 0.237 e. The molecule has 0 heterocycles. The normalized spacial score (nSPS) is 21.7. The summed E-state index contributed by atoms with van der Waals surface area (Å²) in [6.45, 7) is 4.04. The molecule has 4 nitrogen and oxygen atoms in total. The van der Waals surface area contributed by atoms with Gasteiger partial charge in [0, 0.05) is 17.3 Å². The van der Waals surface area contributed by atoms with Crippen molar-refractivity contribution in [2.24, 2.45) is 0 Å². The molecule has 0 saturated heterocycles. The molecule has 3 N–H and O–H groups in total. The molecule has 0 bridgehead atoms. The zero-order valence-corrected chi connectivity index (χ0v) is 13.1. The molecule has 0 radical (unpaired) electrons. The van der Waals surface area contributed by atoms with E-state index in [1.54, 1.807) is 11.8 Å². The third kappa shape index (κ3) is 5.71. The average molecular weight is 288 g/mol. The van der Waals surface area contributed by atoms with Crippen LogP contribution in [0.15, 0.2) is 0 Å². The molecule has 0 aliphatic heterocycles. The Morgan fingerprint density at radius 3 is 2.47 bits per heavy atom. The van der Waals surface area contributed by atoms with Gasteiger partial charge in [-0.15, -0.1) is 0 Å². The lowest BCUT2D eigenvalue weighted by Gasteiger charge is -2.28. The third-order valence-corrected chi connectivity index (χ3v) is 5.06. The van der Waals surface area contributed by atoms with Crippen molar-refractivity contribution in [3.05, 3.63) is 0 Å². The summed E-state index contributed by atoms with van der Waals surface area (Å²) in [4.78, 5) is 12.1. The molecule has 1 saturated carbocycles. The molecule has 1 aliphatic rings. The molecule has 0 spiro atoms. The van der Waals surface area contributed by atoms with E-state index >= 15 is 0 Å². The summed E-state index contributed by atoms with van der Waals surface area (Å²) in [6.07, 6.45) is 7.94. The van der Waals surface area contributed by atoms with Gasteiger partial charge in [-0.25, -0.2) is 0 Å². The number of carbonyl (C=O) groups excluding carboxylic acids is 1. The summed E-state index contributed by atoms with van der Waals surface area (Å²) in [7, 11) is 0. The van der Waals surface area contributed by atoms with E-state index in [1.165, 1.54) is 19.3 Å². The zero-order chi connectivity index (χ0) is 14.3. The van der Waals surface area contributed by atoms with Crippen LogP contribution < -0.4 is 10.6 Å². The van der Waals surface area contributed by atoms with E-state index in [-0.39, 0.29) is 29.8 Å². The monoisotopic (exact) mass is 288 g/mol. The minimum Gasteiger partial charge on any atom is -0.395 e. The number of rotatable bonds is 7. The molecule has 1 aliphatic carbocycles. The summed E-state index contributed by atoms with van der Waals surface area (Å²) in [5.74, 6) is 0.0801. The summed E-state index contributed by atoms with van der Waals surface area (Å²) < 4.78 is 0. The standard InChI is InChI=1S/C14H28N2O2S/c1-10(13(9-17)19-3)15-11(2)14(18)16-12-7-5-4-6-8-12/h10-13,15,17H,4-9H2,1-3H3,(H,16,18). The van der Waals surface area contributed by atoms with E-state index in [1.807, 2.05) is 20.1 Å². The summed E-state index contributed by atoms with van der Waals surface area (Å²) in [5.41, 5.74) is 0. The van der Waals surface area contributed by atoms with Crippen LogP contribution in [0, 0.1) is 0 Å². The number of hydrogen-bond donors (Lipinski definition) is 3. The van der Waals surface area contributed by atoms with Gasteiger partial charge in [-0.3, -0.25) is 4.79 Å². The Morgan fingerprint density at radius 1 is 1.32 bits per heavy atom. The molecule has 19 heavy (non-hydrogen) atoms. The fraction of sp³-hybridized carbons (Fsp3) is 0.929. The fourth-order valence-electron chi connectivity index (χ4n) is 2.59. The number of aliphatic hydroxyl groups excluding tert-OH is 1. The van der Waals surface area contributed by atoms with Crippen molar-refractivity contribution >= 4 is 17.7 Å². The number of nitrogens with one attached hydrogen (secondary N) is 2. The zero-order valence-electron chi connectivity index (χ0n) is 12.3. The van der Waals surface area contributed by atoms with Gasteiger partial charge in [-0.05, 0) is 32.9 Å². The van der Waals surface area contributed by atoms with E-state index in [0.717, 1.165) is 12.8 Å². The third-order valence-electron chi connectivity index (χ3n) is 3.90. The highest BCUT2D eigenvalue weighted by molar-refractivity contribution is 7.99. The Labute approximate surface area is 121 Å². The van der Waals surface area contributed by atoms with E-state index in [0.29, 0.717) is 6.04 Å². The predicted octanol–water partition coefficient (Wildman–Crippen LogP) is 1.53. The van der Waals surface area contributed by atoms with Gasteiger partial charge in [0.05, 0.1) is 12.6 Å². The lowest BCUT2D eigenvalue weighted by Crippen LogP contribution is -2.51. The molecular formula is C14H28N2O2S. The van der Waals surface area contributed by atoms with Gasteiger partial charge in [-0.1, -0.05) is 19.3 Å². The quantitative estimate of drug-likeness (QED) is 0.665. The highest BCUT2D eigenvalue weighted by Gasteiger charge is 2.23. The molecule has 0 aromatic rings. The summed E-state index contributed by atoms with van der Waals surface area (Å²) in [5, 5.41) is 15.8. The molecule has 112 valence electrons. The van der Waals surface area contributed by atoms with Crippen LogP contribution in [-0.4, -0.2) is 47.3 Å². The van der Waals surface area contributed by atoms with Crippen LogP contribution in [0.4, 0.5) is 0 Å². The highest BCUT2D eigenvalue weighted by Crippen LogP contribution is 2.17. The largest absolute Gasteiger partial charge is 0.395 e. The Morgan fingerprint density at radius 2 is 1.95 bits per heavy atom. The Balaban J connectivity index is 2.34. The average Bonchev–Trinajstić information content (AvgIpc) is 2.41. The van der Waals surface area contributed by atoms with Gasteiger partial charge in [0.15, 0.2) is 0 Å². The second kappa shape index (κ2) is 8.82. The second-order valence-corrected chi connectivity index (χ2v) is 6.55. The molecule has 3 atom stereocenters. The van der Waals surface area contributed by atoms with Crippen LogP contribution >= 0.6 is 11.8 Å². The molecule has 3 unspecified atom stereocenters. The van der Waals surface area contributed by atoms with Crippen molar-refractivity contribution in [3.8, 4) is 0 Å². The number of amides is 1. The first-order valence-electron chi connectivity index (χ1n) is 7.28. The molecular weight excluding hydrogens is 260 g/mol. The van der Waals surface area contributed by atoms with Gasteiger partial charge in [0.2, 0.25) is 5.91 Å². The summed E-state index contributed by atoms with van der Waals surface area (Å²) >= 11 is 1.62. The van der Waals surface area contributed by atoms with Gasteiger partial charge in [0.1, 0.15) is 0 Å². The number of carbonyl (C=O) groups is 1. The lowest BCUT2D eigenvalue weighted by atomic mass is 9.95. The molecule has 5 heteroatoms. The van der Waals surface area contributed by atoms with Crippen LogP contribution in [-0.2, 0) is 4.79 Å². The maximum absolute atomic E-state index is 12.1. The van der Waals surface area contributed by atoms with E-state index in [9.17, 15) is 9.90 Å². The minimum absolute atomic E-state index is 0.0801. The van der Waals surface area contributed by atoms with Gasteiger partial charge in [0.25, 0.3) is 0 Å². The summed E-state index contributed by atoms with van der Waals surface area (Å²) in [6, 6.07) is 0.264. The minimum atomic E-state index is -0.210. The van der Waals surface area contributed by atoms with Crippen LogP contribution in [0.25, 0.3) is 0 Å². The topological polar surface area (TPSA) is 61.4 Å². The number of aliphatic hydroxyl groups is 1. The second-order valence-electron chi connectivity index (χ2n) is 5.48. The van der Waals surface area contributed by atoms with Gasteiger partial charge in [-0.2, -0.15) is 11.8 Å². The Hall–Kier alpha value is -0.260. The Kier molecular flexibility index (Phi) is 7.80. The molecule has 0 aromatic heterocycles. The first-order valence-corrected chi connectivity index (χ1v) is 8.57. The number of hydrogen-bond acceptors (Lipinski definition) is 4. The SMILES string of the molecule is CSC(CO)C(C)NC(C)C(=O)NC1CCCCC1. The number of thioether (sulfide) groups is 1. The smallest absolute Gasteiger partial charge is 0.237 e. The van der Waals surface area contributed by atoms with Crippen LogP contribution in [0.3, 0.4) is 0 Å². The van der Waals surface area contributed by atoms with Crippen LogP contribution in [0.5, 0.6) is 0 Å². The van der Waals surface area contributed by atoms with Crippen molar-refractivity contribution < 1.29 is 9.90 Å². The van der Waals surface area contributed by atoms with Gasteiger partial charge >= 0.3 is 0 Å². The molecule has 1 fully saturated rings. The Bertz CT molecular complexity index is 266. The molecule has 1 amide bonds. The first kappa shape index (κ1) is 16.8. The van der Waals surface area contributed by atoms with E-state index in [2.05, 4.69) is 10.6 Å². The van der Waals surface area contributed by atoms with Crippen LogP contribution in [0.2, 0.25) is 0 Å². The predicted molar refractivity (Wildman–Crippen MR) is 81.5 cm³/mol. The highest BCUT2D eigenvalue weighted by atomic mass is 32.2. The van der Waals surface area contributed by atoms with Crippen LogP contribution in [0.1, 0.15) is 46.0 Å². The molecule has 1 rings (SSSR count). The van der Waals surface area contributed by atoms with E-state index < -0.39 is 0 Å². The van der Waals surface area contributed by atoms with Crippen molar-refractivity contribution in [1.82, 2.24) is 10.6 Å². The molecule has 0 aromatic carbocycles. The fourth-order valence-corrected chi connectivity index (χ4v) is 3.22. The van der Waals surface area contributed by atoms with Crippen molar-refractivity contribution in [1.29, 1.82) is 0 Å². The van der Waals surface area contributed by atoms with Gasteiger partial charge < -0.3 is 15.7 Å². The lowest BCUT2D eigenvalue weighted by molar-refractivity contribution is -0.123. The first-order chi connectivity index (χ1) is 9.08. The maximum atomic E-state index is 12.1. The van der Waals surface area contributed by atoms with E-state index in [4.69, 9.17) is 0 Å². The van der Waals surface area contributed by atoms with Crippen molar-refractivity contribution in [2.75, 3.05) is 12.9 Å². The van der Waals surface area contributed by atoms with Crippen molar-refractivity contribution in [2.45, 2.75) is 69.3 Å².